The number of nitrogens with one attached hydrogen (secondary N) is 1. The highest BCUT2D eigenvalue weighted by Gasteiger charge is 2.27. The van der Waals surface area contributed by atoms with Gasteiger partial charge in [-0.25, -0.2) is 0 Å². The normalized spacial score (nSPS) is 36.0. The summed E-state index contributed by atoms with van der Waals surface area (Å²) in [4.78, 5) is 0. The van der Waals surface area contributed by atoms with Crippen molar-refractivity contribution in [3.8, 4) is 0 Å². The van der Waals surface area contributed by atoms with Gasteiger partial charge in [-0.3, -0.25) is 0 Å². The van der Waals surface area contributed by atoms with Crippen LogP contribution >= 0.6 is 12.4 Å². The molecule has 0 amide bonds. The average molecular weight is 194 g/mol. The Labute approximate surface area is 79.2 Å². The zero-order valence-electron chi connectivity index (χ0n) is 7.12. The van der Waals surface area contributed by atoms with E-state index in [-0.39, 0.29) is 12.4 Å². The summed E-state index contributed by atoms with van der Waals surface area (Å²) in [5.74, 6) is 0.641. The molecule has 0 aromatic heterocycles. The van der Waals surface area contributed by atoms with Gasteiger partial charge >= 0.3 is 0 Å². The average Bonchev–Trinajstić information content (AvgIpc) is 2.58. The maximum absolute atomic E-state index is 5.62. The Morgan fingerprint density at radius 3 is 2.75 bits per heavy atom. The van der Waals surface area contributed by atoms with Crippen LogP contribution in [0.5, 0.6) is 0 Å². The van der Waals surface area contributed by atoms with Crippen molar-refractivity contribution in [2.75, 3.05) is 32.9 Å². The number of ether oxygens (including phenoxy) is 2. The topological polar surface area (TPSA) is 30.5 Å². The molecule has 72 valence electrons. The van der Waals surface area contributed by atoms with Gasteiger partial charge < -0.3 is 14.8 Å². The predicted octanol–water partition coefficient (Wildman–Crippen LogP) is 0.433. The summed E-state index contributed by atoms with van der Waals surface area (Å²) in [5, 5.41) is 3.33. The van der Waals surface area contributed by atoms with Gasteiger partial charge in [0.1, 0.15) is 0 Å². The van der Waals surface area contributed by atoms with Crippen molar-refractivity contribution in [2.24, 2.45) is 5.92 Å². The zero-order chi connectivity index (χ0) is 7.52. The Balaban J connectivity index is 0.000000720. The fourth-order valence-electron chi connectivity index (χ4n) is 1.73. The van der Waals surface area contributed by atoms with Crippen molar-refractivity contribution < 1.29 is 9.47 Å². The van der Waals surface area contributed by atoms with Crippen LogP contribution in [0.2, 0.25) is 0 Å². The van der Waals surface area contributed by atoms with Gasteiger partial charge in [0.2, 0.25) is 0 Å². The third-order valence-electron chi connectivity index (χ3n) is 2.45. The van der Waals surface area contributed by atoms with Gasteiger partial charge in [-0.2, -0.15) is 0 Å². The summed E-state index contributed by atoms with van der Waals surface area (Å²) in [6, 6.07) is 0. The van der Waals surface area contributed by atoms with Crippen molar-refractivity contribution in [2.45, 2.75) is 12.5 Å². The molecular formula is C8H16ClNO2. The van der Waals surface area contributed by atoms with Gasteiger partial charge in [-0.15, -0.1) is 12.4 Å². The lowest BCUT2D eigenvalue weighted by Crippen LogP contribution is -2.42. The van der Waals surface area contributed by atoms with Crippen molar-refractivity contribution >= 4 is 12.4 Å². The minimum absolute atomic E-state index is 0. The Bertz CT molecular complexity index is 122. The minimum Gasteiger partial charge on any atom is -0.381 e. The van der Waals surface area contributed by atoms with Crippen LogP contribution in [0.1, 0.15) is 6.42 Å². The highest BCUT2D eigenvalue weighted by atomic mass is 35.5. The van der Waals surface area contributed by atoms with E-state index in [1.165, 1.54) is 6.42 Å². The summed E-state index contributed by atoms with van der Waals surface area (Å²) in [5.41, 5.74) is 0. The number of halogens is 1. The van der Waals surface area contributed by atoms with Gasteiger partial charge in [0.15, 0.2) is 0 Å². The highest BCUT2D eigenvalue weighted by molar-refractivity contribution is 5.85. The molecule has 0 bridgehead atoms. The van der Waals surface area contributed by atoms with Crippen molar-refractivity contribution in [3.63, 3.8) is 0 Å². The van der Waals surface area contributed by atoms with Crippen LogP contribution in [0.15, 0.2) is 0 Å². The fourth-order valence-corrected chi connectivity index (χ4v) is 1.73. The summed E-state index contributed by atoms with van der Waals surface area (Å²) in [6.07, 6.45) is 1.58. The number of hydrogen-bond donors (Lipinski definition) is 1. The Kier molecular flexibility index (Phi) is 4.29. The van der Waals surface area contributed by atoms with Gasteiger partial charge in [-0.1, -0.05) is 0 Å². The first-order valence-corrected chi connectivity index (χ1v) is 4.37. The first-order valence-electron chi connectivity index (χ1n) is 4.37. The van der Waals surface area contributed by atoms with Crippen LogP contribution in [-0.2, 0) is 9.47 Å². The van der Waals surface area contributed by atoms with E-state index in [0.717, 1.165) is 32.9 Å². The molecule has 2 heterocycles. The fraction of sp³-hybridized carbons (Fsp3) is 1.00. The second-order valence-corrected chi connectivity index (χ2v) is 3.24. The molecule has 1 N–H and O–H groups in total. The van der Waals surface area contributed by atoms with Gasteiger partial charge in [0.25, 0.3) is 0 Å². The second-order valence-electron chi connectivity index (χ2n) is 3.24. The maximum Gasteiger partial charge on any atom is 0.0751 e. The molecule has 2 saturated heterocycles. The molecule has 2 atom stereocenters. The third-order valence-corrected chi connectivity index (χ3v) is 2.45. The monoisotopic (exact) mass is 193 g/mol. The Morgan fingerprint density at radius 2 is 2.17 bits per heavy atom. The van der Waals surface area contributed by atoms with Crippen molar-refractivity contribution in [1.29, 1.82) is 0 Å². The summed E-state index contributed by atoms with van der Waals surface area (Å²) < 4.78 is 10.9. The van der Waals surface area contributed by atoms with Crippen LogP contribution in [0.4, 0.5) is 0 Å². The van der Waals surface area contributed by atoms with E-state index in [4.69, 9.17) is 9.47 Å². The predicted molar refractivity (Wildman–Crippen MR) is 48.8 cm³/mol. The number of morpholine rings is 1. The molecule has 0 aromatic rings. The van der Waals surface area contributed by atoms with Gasteiger partial charge in [-0.05, 0) is 6.42 Å². The molecule has 0 spiro atoms. The first kappa shape index (κ1) is 10.3. The van der Waals surface area contributed by atoms with Crippen LogP contribution in [0.25, 0.3) is 0 Å². The molecule has 3 nitrogen and oxygen atoms in total. The van der Waals surface area contributed by atoms with E-state index in [9.17, 15) is 0 Å². The third kappa shape index (κ3) is 2.33. The first-order chi connectivity index (χ1) is 5.47. The SMILES string of the molecule is C1COC(C2CCOC2)CN1.Cl. The van der Waals surface area contributed by atoms with E-state index in [1.807, 2.05) is 0 Å². The van der Waals surface area contributed by atoms with E-state index in [1.54, 1.807) is 0 Å². The quantitative estimate of drug-likeness (QED) is 0.656. The van der Waals surface area contributed by atoms with Crippen molar-refractivity contribution in [1.82, 2.24) is 5.32 Å². The highest BCUT2D eigenvalue weighted by Crippen LogP contribution is 2.19. The molecule has 2 aliphatic heterocycles. The summed E-state index contributed by atoms with van der Waals surface area (Å²) in [7, 11) is 0. The number of hydrogen-bond acceptors (Lipinski definition) is 3. The largest absolute Gasteiger partial charge is 0.381 e. The smallest absolute Gasteiger partial charge is 0.0751 e. The molecule has 2 fully saturated rings. The standard InChI is InChI=1S/C8H15NO2.ClH/c1-3-10-6-7(1)8-5-9-2-4-11-8;/h7-9H,1-6H2;1H. The second kappa shape index (κ2) is 5.02. The summed E-state index contributed by atoms with van der Waals surface area (Å²) in [6.45, 7) is 4.69. The van der Waals surface area contributed by atoms with E-state index in [2.05, 4.69) is 5.32 Å². The molecule has 0 aromatic carbocycles. The van der Waals surface area contributed by atoms with E-state index < -0.39 is 0 Å². The molecule has 0 aliphatic carbocycles. The lowest BCUT2D eigenvalue weighted by atomic mass is 10.0. The van der Waals surface area contributed by atoms with Crippen LogP contribution in [0.3, 0.4) is 0 Å². The van der Waals surface area contributed by atoms with E-state index in [0.29, 0.717) is 12.0 Å². The lowest BCUT2D eigenvalue weighted by Gasteiger charge is -2.27. The Morgan fingerprint density at radius 1 is 1.25 bits per heavy atom. The Hall–Kier alpha value is 0.170. The van der Waals surface area contributed by atoms with Crippen LogP contribution in [0, 0.1) is 5.92 Å². The molecular weight excluding hydrogens is 178 g/mol. The number of rotatable bonds is 1. The minimum atomic E-state index is 0. The molecule has 2 aliphatic rings. The molecule has 12 heavy (non-hydrogen) atoms. The van der Waals surface area contributed by atoms with Crippen LogP contribution < -0.4 is 5.32 Å². The lowest BCUT2D eigenvalue weighted by molar-refractivity contribution is -0.0113. The molecule has 0 radical (unpaired) electrons. The van der Waals surface area contributed by atoms with Gasteiger partial charge in [0, 0.05) is 25.6 Å². The van der Waals surface area contributed by atoms with E-state index >= 15 is 0 Å². The van der Waals surface area contributed by atoms with Gasteiger partial charge in [0.05, 0.1) is 19.3 Å². The van der Waals surface area contributed by atoms with Crippen molar-refractivity contribution in [3.05, 3.63) is 0 Å². The summed E-state index contributed by atoms with van der Waals surface area (Å²) >= 11 is 0. The molecule has 2 unspecified atom stereocenters. The van der Waals surface area contributed by atoms with Crippen LogP contribution in [-0.4, -0.2) is 39.0 Å². The molecule has 2 rings (SSSR count). The maximum atomic E-state index is 5.62. The molecule has 4 heteroatoms. The zero-order valence-corrected chi connectivity index (χ0v) is 7.94. The molecule has 0 saturated carbocycles.